The predicted octanol–water partition coefficient (Wildman–Crippen LogP) is 4.01. The van der Waals surface area contributed by atoms with Gasteiger partial charge >= 0.3 is 0 Å². The van der Waals surface area contributed by atoms with Gasteiger partial charge in [0.25, 0.3) is 5.91 Å². The molecule has 2 aromatic heterocycles. The van der Waals surface area contributed by atoms with Crippen LogP contribution in [0.15, 0.2) is 54.7 Å². The molecule has 1 N–H and O–H groups in total. The summed E-state index contributed by atoms with van der Waals surface area (Å²) in [6.45, 7) is 9.30. The summed E-state index contributed by atoms with van der Waals surface area (Å²) < 4.78 is 6.17. The van der Waals surface area contributed by atoms with Crippen molar-refractivity contribution in [3.8, 4) is 5.88 Å². The van der Waals surface area contributed by atoms with Crippen LogP contribution in [0.4, 0.5) is 5.69 Å². The van der Waals surface area contributed by atoms with Gasteiger partial charge in [-0.05, 0) is 47.7 Å². The molecule has 234 valence electrons. The van der Waals surface area contributed by atoms with E-state index in [-0.39, 0.29) is 24.3 Å². The SMILES string of the molecule is CC(C)c1ccc(OC2CCN(c3ccc(CN4CC(c5ccc6c(n5)CN(C5CCC(=O)NC5=O)C6=O)C4)cc3)CC2)nc1. The van der Waals surface area contributed by atoms with Crippen molar-refractivity contribution >= 4 is 23.4 Å². The van der Waals surface area contributed by atoms with Crippen LogP contribution < -0.4 is 15.0 Å². The second kappa shape index (κ2) is 12.2. The Labute approximate surface area is 263 Å². The van der Waals surface area contributed by atoms with Crippen molar-refractivity contribution in [2.75, 3.05) is 31.1 Å². The molecule has 1 aromatic carbocycles. The van der Waals surface area contributed by atoms with E-state index in [0.29, 0.717) is 36.2 Å². The number of anilines is 1. The summed E-state index contributed by atoms with van der Waals surface area (Å²) in [5.74, 6) is 0.643. The topological polar surface area (TPSA) is 108 Å². The van der Waals surface area contributed by atoms with E-state index in [1.165, 1.54) is 16.8 Å². The number of hydrogen-bond donors (Lipinski definition) is 1. The van der Waals surface area contributed by atoms with E-state index in [1.807, 2.05) is 24.4 Å². The van der Waals surface area contributed by atoms with Crippen molar-refractivity contribution in [1.29, 1.82) is 0 Å². The zero-order valence-corrected chi connectivity index (χ0v) is 25.9. The molecule has 6 heterocycles. The number of carbonyl (C=O) groups excluding carboxylic acids is 3. The molecule has 4 aliphatic heterocycles. The first-order valence-electron chi connectivity index (χ1n) is 16.1. The van der Waals surface area contributed by atoms with Crippen LogP contribution in [0.3, 0.4) is 0 Å². The molecule has 10 heteroatoms. The lowest BCUT2D eigenvalue weighted by atomic mass is 9.94. The van der Waals surface area contributed by atoms with Crippen LogP contribution in [0, 0.1) is 0 Å². The maximum atomic E-state index is 13.0. The Bertz CT molecular complexity index is 1580. The van der Waals surface area contributed by atoms with Gasteiger partial charge in [0.1, 0.15) is 12.1 Å². The van der Waals surface area contributed by atoms with E-state index in [9.17, 15) is 14.4 Å². The van der Waals surface area contributed by atoms with Gasteiger partial charge in [-0.1, -0.05) is 32.0 Å². The van der Waals surface area contributed by atoms with Crippen molar-refractivity contribution in [3.05, 3.63) is 82.8 Å². The standard InChI is InChI=1S/C35H40N6O4/c1-22(2)24-5-12-33(36-17-24)45-27-13-15-40(16-14-27)26-6-3-23(4-7-26)18-39-19-25(20-39)29-9-8-28-30(37-29)21-41(35(28)44)31-10-11-32(42)38-34(31)43/h3-9,12,17,22,25,27,31H,10-11,13-16,18-21H2,1-2H3,(H,38,42,43). The minimum absolute atomic E-state index is 0.181. The lowest BCUT2D eigenvalue weighted by molar-refractivity contribution is -0.136. The Balaban J connectivity index is 0.873. The van der Waals surface area contributed by atoms with Crippen LogP contribution in [0.5, 0.6) is 5.88 Å². The highest BCUT2D eigenvalue weighted by Gasteiger charge is 2.40. The van der Waals surface area contributed by atoms with E-state index < -0.39 is 11.9 Å². The Kier molecular flexibility index (Phi) is 7.99. The number of nitrogens with one attached hydrogen (secondary N) is 1. The third-order valence-electron chi connectivity index (χ3n) is 9.63. The highest BCUT2D eigenvalue weighted by molar-refractivity contribution is 6.05. The first kappa shape index (κ1) is 29.4. The molecule has 0 bridgehead atoms. The Morgan fingerprint density at radius 1 is 0.956 bits per heavy atom. The Hall–Kier alpha value is -4.31. The first-order chi connectivity index (χ1) is 21.8. The molecule has 3 saturated heterocycles. The van der Waals surface area contributed by atoms with Gasteiger partial charge in [-0.15, -0.1) is 0 Å². The molecule has 7 rings (SSSR count). The maximum absolute atomic E-state index is 13.0. The van der Waals surface area contributed by atoms with Crippen molar-refractivity contribution in [2.45, 2.75) is 76.6 Å². The summed E-state index contributed by atoms with van der Waals surface area (Å²) in [4.78, 5) is 52.6. The third-order valence-corrected chi connectivity index (χ3v) is 9.63. The number of rotatable bonds is 8. The fraction of sp³-hybridized carbons (Fsp3) is 0.457. The van der Waals surface area contributed by atoms with Gasteiger partial charge in [0, 0.05) is 81.5 Å². The minimum Gasteiger partial charge on any atom is -0.474 e. The number of fused-ring (bicyclic) bond motifs is 1. The molecule has 45 heavy (non-hydrogen) atoms. The maximum Gasteiger partial charge on any atom is 0.256 e. The molecule has 3 fully saturated rings. The number of amides is 3. The van der Waals surface area contributed by atoms with Crippen LogP contribution in [-0.4, -0.2) is 75.8 Å². The summed E-state index contributed by atoms with van der Waals surface area (Å²) in [5, 5.41) is 2.35. The second-order valence-corrected chi connectivity index (χ2v) is 13.1. The number of carbonyl (C=O) groups is 3. The van der Waals surface area contributed by atoms with Crippen LogP contribution in [0.1, 0.15) is 84.2 Å². The summed E-state index contributed by atoms with van der Waals surface area (Å²) in [6, 6.07) is 16.2. The molecule has 0 spiro atoms. The average Bonchev–Trinajstić information content (AvgIpc) is 3.34. The smallest absolute Gasteiger partial charge is 0.256 e. The molecule has 3 aromatic rings. The fourth-order valence-electron chi connectivity index (χ4n) is 6.84. The molecule has 0 saturated carbocycles. The largest absolute Gasteiger partial charge is 0.474 e. The van der Waals surface area contributed by atoms with Crippen LogP contribution in [-0.2, 0) is 22.7 Å². The van der Waals surface area contributed by atoms with Crippen molar-refractivity contribution in [1.82, 2.24) is 25.1 Å². The van der Waals surface area contributed by atoms with Crippen molar-refractivity contribution in [3.63, 3.8) is 0 Å². The lowest BCUT2D eigenvalue weighted by Crippen LogP contribution is -2.52. The van der Waals surface area contributed by atoms with E-state index in [0.717, 1.165) is 57.0 Å². The number of nitrogens with zero attached hydrogens (tertiary/aromatic N) is 5. The molecule has 0 aliphatic carbocycles. The van der Waals surface area contributed by atoms with E-state index >= 15 is 0 Å². The number of benzene rings is 1. The van der Waals surface area contributed by atoms with E-state index in [1.54, 1.807) is 4.90 Å². The first-order valence-corrected chi connectivity index (χ1v) is 16.1. The number of ether oxygens (including phenoxy) is 1. The normalized spacial score (nSPS) is 21.2. The number of piperidine rings is 2. The number of hydrogen-bond acceptors (Lipinski definition) is 8. The van der Waals surface area contributed by atoms with Crippen LogP contribution >= 0.6 is 0 Å². The molecular formula is C35H40N6O4. The number of aromatic nitrogens is 2. The average molecular weight is 609 g/mol. The zero-order valence-electron chi connectivity index (χ0n) is 25.9. The van der Waals surface area contributed by atoms with E-state index in [4.69, 9.17) is 9.72 Å². The lowest BCUT2D eigenvalue weighted by Gasteiger charge is -2.39. The molecule has 1 unspecified atom stereocenters. The highest BCUT2D eigenvalue weighted by atomic mass is 16.5. The van der Waals surface area contributed by atoms with Crippen LogP contribution in [0.25, 0.3) is 0 Å². The van der Waals surface area contributed by atoms with Gasteiger partial charge in [-0.2, -0.15) is 0 Å². The van der Waals surface area contributed by atoms with Gasteiger partial charge in [0.05, 0.1) is 17.8 Å². The summed E-state index contributed by atoms with van der Waals surface area (Å²) >= 11 is 0. The Morgan fingerprint density at radius 2 is 1.73 bits per heavy atom. The monoisotopic (exact) mass is 608 g/mol. The third kappa shape index (κ3) is 6.16. The summed E-state index contributed by atoms with van der Waals surface area (Å²) in [5.41, 5.74) is 6.05. The molecular weight excluding hydrogens is 568 g/mol. The summed E-state index contributed by atoms with van der Waals surface area (Å²) in [6.07, 6.45) is 4.67. The van der Waals surface area contributed by atoms with Crippen molar-refractivity contribution in [2.24, 2.45) is 0 Å². The van der Waals surface area contributed by atoms with Gasteiger partial charge in [-0.3, -0.25) is 29.6 Å². The molecule has 3 amide bonds. The quantitative estimate of drug-likeness (QED) is 0.383. The Morgan fingerprint density at radius 3 is 2.42 bits per heavy atom. The zero-order chi connectivity index (χ0) is 31.1. The van der Waals surface area contributed by atoms with Gasteiger partial charge in [-0.25, -0.2) is 4.98 Å². The number of likely N-dealkylation sites (tertiary alicyclic amines) is 1. The van der Waals surface area contributed by atoms with Crippen molar-refractivity contribution < 1.29 is 19.1 Å². The predicted molar refractivity (Wildman–Crippen MR) is 169 cm³/mol. The van der Waals surface area contributed by atoms with E-state index in [2.05, 4.69) is 64.3 Å². The molecule has 10 nitrogen and oxygen atoms in total. The molecule has 4 aliphatic rings. The van der Waals surface area contributed by atoms with Gasteiger partial charge in [0.2, 0.25) is 17.7 Å². The number of imide groups is 1. The molecule has 0 radical (unpaired) electrons. The highest BCUT2D eigenvalue weighted by Crippen LogP contribution is 2.32. The second-order valence-electron chi connectivity index (χ2n) is 13.1. The van der Waals surface area contributed by atoms with Gasteiger partial charge < -0.3 is 14.5 Å². The van der Waals surface area contributed by atoms with Gasteiger partial charge in [0.15, 0.2) is 0 Å². The summed E-state index contributed by atoms with van der Waals surface area (Å²) in [7, 11) is 0. The number of pyridine rings is 2. The molecule has 1 atom stereocenters. The fourth-order valence-corrected chi connectivity index (χ4v) is 6.84. The minimum atomic E-state index is -0.616. The van der Waals surface area contributed by atoms with Crippen LogP contribution in [0.2, 0.25) is 0 Å².